The van der Waals surface area contributed by atoms with E-state index in [2.05, 4.69) is 0 Å². The van der Waals surface area contributed by atoms with E-state index in [1.807, 2.05) is 17.0 Å². The van der Waals surface area contributed by atoms with E-state index in [4.69, 9.17) is 9.47 Å². The zero-order valence-electron chi connectivity index (χ0n) is 15.0. The normalized spacial score (nSPS) is 14.3. The molecule has 27 heavy (non-hydrogen) atoms. The maximum Gasteiger partial charge on any atom is 0.257 e. The van der Waals surface area contributed by atoms with Crippen LogP contribution < -0.4 is 14.4 Å². The molecule has 0 radical (unpaired) electrons. The molecule has 1 saturated heterocycles. The fourth-order valence-electron chi connectivity index (χ4n) is 3.05. The van der Waals surface area contributed by atoms with Gasteiger partial charge in [0.25, 0.3) is 5.91 Å². The SMILES string of the molecule is COc1ccc(N2CCN(C(=O)c3ccc(F)c(F)c3F)CC2)cc1OC. The third kappa shape index (κ3) is 3.65. The minimum atomic E-state index is -1.63. The third-order valence-electron chi connectivity index (χ3n) is 4.56. The Morgan fingerprint density at radius 2 is 1.56 bits per heavy atom. The van der Waals surface area contributed by atoms with Crippen LogP contribution in [0.25, 0.3) is 0 Å². The largest absolute Gasteiger partial charge is 0.493 e. The highest BCUT2D eigenvalue weighted by Gasteiger charge is 2.26. The van der Waals surface area contributed by atoms with Crippen molar-refractivity contribution in [2.75, 3.05) is 45.3 Å². The number of hydrogen-bond acceptors (Lipinski definition) is 4. The molecule has 0 atom stereocenters. The van der Waals surface area contributed by atoms with Gasteiger partial charge in [-0.1, -0.05) is 0 Å². The van der Waals surface area contributed by atoms with Gasteiger partial charge in [-0.05, 0) is 24.3 Å². The van der Waals surface area contributed by atoms with Gasteiger partial charge in [0.05, 0.1) is 19.8 Å². The second-order valence-electron chi connectivity index (χ2n) is 6.04. The number of halogens is 3. The van der Waals surface area contributed by atoms with Gasteiger partial charge in [0.1, 0.15) is 0 Å². The predicted molar refractivity (Wildman–Crippen MR) is 94.0 cm³/mol. The Balaban J connectivity index is 1.70. The summed E-state index contributed by atoms with van der Waals surface area (Å²) < 4.78 is 50.8. The number of piperazine rings is 1. The van der Waals surface area contributed by atoms with Gasteiger partial charge in [-0.15, -0.1) is 0 Å². The van der Waals surface area contributed by atoms with E-state index >= 15 is 0 Å². The van der Waals surface area contributed by atoms with Crippen molar-refractivity contribution in [3.63, 3.8) is 0 Å². The summed E-state index contributed by atoms with van der Waals surface area (Å²) in [5, 5.41) is 0. The topological polar surface area (TPSA) is 42.0 Å². The molecule has 1 amide bonds. The maximum atomic E-state index is 13.9. The number of amides is 1. The van der Waals surface area contributed by atoms with Crippen LogP contribution in [0.4, 0.5) is 18.9 Å². The highest BCUT2D eigenvalue weighted by Crippen LogP contribution is 2.32. The van der Waals surface area contributed by atoms with Gasteiger partial charge in [0, 0.05) is 37.9 Å². The molecule has 0 bridgehead atoms. The van der Waals surface area contributed by atoms with Crippen LogP contribution in [0.1, 0.15) is 10.4 Å². The lowest BCUT2D eigenvalue weighted by Gasteiger charge is -2.36. The lowest BCUT2D eigenvalue weighted by atomic mass is 10.1. The van der Waals surface area contributed by atoms with Crippen molar-refractivity contribution in [1.29, 1.82) is 0 Å². The van der Waals surface area contributed by atoms with Gasteiger partial charge < -0.3 is 19.3 Å². The molecule has 3 rings (SSSR count). The Morgan fingerprint density at radius 3 is 2.19 bits per heavy atom. The molecule has 0 aliphatic carbocycles. The molecule has 0 unspecified atom stereocenters. The first-order chi connectivity index (χ1) is 13.0. The van der Waals surface area contributed by atoms with Crippen LogP contribution in [-0.2, 0) is 0 Å². The van der Waals surface area contributed by atoms with Crippen molar-refractivity contribution >= 4 is 11.6 Å². The van der Waals surface area contributed by atoms with Gasteiger partial charge in [-0.2, -0.15) is 0 Å². The molecule has 1 aliphatic heterocycles. The van der Waals surface area contributed by atoms with Crippen LogP contribution in [0.5, 0.6) is 11.5 Å². The molecular weight excluding hydrogens is 361 g/mol. The average molecular weight is 380 g/mol. The van der Waals surface area contributed by atoms with Gasteiger partial charge in [-0.25, -0.2) is 13.2 Å². The number of rotatable bonds is 4. The quantitative estimate of drug-likeness (QED) is 0.765. The predicted octanol–water partition coefficient (Wildman–Crippen LogP) is 3.08. The van der Waals surface area contributed by atoms with Crippen LogP contribution in [-0.4, -0.2) is 51.2 Å². The summed E-state index contributed by atoms with van der Waals surface area (Å²) in [5.74, 6) is -3.85. The number of anilines is 1. The lowest BCUT2D eigenvalue weighted by molar-refractivity contribution is 0.0740. The summed E-state index contributed by atoms with van der Waals surface area (Å²) >= 11 is 0. The smallest absolute Gasteiger partial charge is 0.257 e. The molecule has 0 saturated carbocycles. The number of nitrogens with zero attached hydrogens (tertiary/aromatic N) is 2. The number of ether oxygens (including phenoxy) is 2. The zero-order chi connectivity index (χ0) is 19.6. The molecule has 0 aromatic heterocycles. The highest BCUT2D eigenvalue weighted by atomic mass is 19.2. The van der Waals surface area contributed by atoms with Crippen LogP contribution in [0.2, 0.25) is 0 Å². The maximum absolute atomic E-state index is 13.9. The van der Waals surface area contributed by atoms with E-state index in [9.17, 15) is 18.0 Å². The molecule has 2 aromatic rings. The molecule has 8 heteroatoms. The minimum absolute atomic E-state index is 0.325. The second kappa shape index (κ2) is 7.77. The third-order valence-corrected chi connectivity index (χ3v) is 4.56. The fraction of sp³-hybridized carbons (Fsp3) is 0.316. The molecule has 5 nitrogen and oxygen atoms in total. The fourth-order valence-corrected chi connectivity index (χ4v) is 3.05. The molecule has 0 spiro atoms. The Bertz CT molecular complexity index is 852. The summed E-state index contributed by atoms with van der Waals surface area (Å²) in [6.07, 6.45) is 0. The summed E-state index contributed by atoms with van der Waals surface area (Å²) in [4.78, 5) is 15.9. The van der Waals surface area contributed by atoms with Gasteiger partial charge in [0.15, 0.2) is 29.0 Å². The first-order valence-corrected chi connectivity index (χ1v) is 8.36. The first-order valence-electron chi connectivity index (χ1n) is 8.36. The summed E-state index contributed by atoms with van der Waals surface area (Å²) in [7, 11) is 3.11. The van der Waals surface area contributed by atoms with Crippen molar-refractivity contribution in [2.45, 2.75) is 0 Å². The van der Waals surface area contributed by atoms with Gasteiger partial charge in [-0.3, -0.25) is 4.79 Å². The Kier molecular flexibility index (Phi) is 5.43. The molecule has 1 aliphatic rings. The summed E-state index contributed by atoms with van der Waals surface area (Å²) in [6, 6.07) is 7.24. The van der Waals surface area contributed by atoms with Crippen molar-refractivity contribution < 1.29 is 27.4 Å². The van der Waals surface area contributed by atoms with Gasteiger partial charge >= 0.3 is 0 Å². The van der Waals surface area contributed by atoms with Crippen molar-refractivity contribution in [2.24, 2.45) is 0 Å². The number of hydrogen-bond donors (Lipinski definition) is 0. The Morgan fingerprint density at radius 1 is 0.889 bits per heavy atom. The van der Waals surface area contributed by atoms with Crippen LogP contribution >= 0.6 is 0 Å². The monoisotopic (exact) mass is 380 g/mol. The van der Waals surface area contributed by atoms with Crippen LogP contribution in [0.15, 0.2) is 30.3 Å². The van der Waals surface area contributed by atoms with Crippen LogP contribution in [0, 0.1) is 17.5 Å². The molecule has 1 heterocycles. The molecule has 2 aromatic carbocycles. The minimum Gasteiger partial charge on any atom is -0.493 e. The average Bonchev–Trinajstić information content (AvgIpc) is 2.71. The van der Waals surface area contributed by atoms with E-state index < -0.39 is 28.9 Å². The molecule has 0 N–H and O–H groups in total. The highest BCUT2D eigenvalue weighted by molar-refractivity contribution is 5.94. The summed E-state index contributed by atoms with van der Waals surface area (Å²) in [6.45, 7) is 1.66. The lowest BCUT2D eigenvalue weighted by Crippen LogP contribution is -2.49. The Labute approximate surface area is 154 Å². The van der Waals surface area contributed by atoms with Crippen molar-refractivity contribution in [1.82, 2.24) is 4.90 Å². The van der Waals surface area contributed by atoms with Crippen molar-refractivity contribution in [3.05, 3.63) is 53.3 Å². The molecule has 1 fully saturated rings. The van der Waals surface area contributed by atoms with E-state index in [1.54, 1.807) is 20.3 Å². The molecular formula is C19H19F3N2O3. The number of carbonyl (C=O) groups excluding carboxylic acids is 1. The van der Waals surface area contributed by atoms with Gasteiger partial charge in [0.2, 0.25) is 0 Å². The standard InChI is InChI=1S/C19H19F3N2O3/c1-26-15-6-3-12(11-16(15)27-2)23-7-9-24(10-8-23)19(25)13-4-5-14(20)18(22)17(13)21/h3-6,11H,7-10H2,1-2H3. The second-order valence-corrected chi connectivity index (χ2v) is 6.04. The van der Waals surface area contributed by atoms with E-state index in [0.717, 1.165) is 17.8 Å². The Hall–Kier alpha value is -2.90. The van der Waals surface area contributed by atoms with Crippen LogP contribution in [0.3, 0.4) is 0 Å². The number of methoxy groups -OCH3 is 2. The van der Waals surface area contributed by atoms with E-state index in [-0.39, 0.29) is 0 Å². The van der Waals surface area contributed by atoms with E-state index in [0.29, 0.717) is 37.7 Å². The van der Waals surface area contributed by atoms with E-state index in [1.165, 1.54) is 4.90 Å². The first kappa shape index (κ1) is 18.9. The number of carbonyl (C=O) groups is 1. The molecule has 144 valence electrons. The van der Waals surface area contributed by atoms with Crippen molar-refractivity contribution in [3.8, 4) is 11.5 Å². The summed E-state index contributed by atoms with van der Waals surface area (Å²) in [5.41, 5.74) is 0.437. The number of benzene rings is 2. The zero-order valence-corrected chi connectivity index (χ0v) is 15.0.